The third kappa shape index (κ3) is 2.84. The molecule has 2 rings (SSSR count). The monoisotopic (exact) mass is 227 g/mol. The minimum Gasteiger partial charge on any atom is -0.379 e. The SMILES string of the molecule is OC(C1=CC=CC(S)C1)N1CCOCC1. The maximum absolute atomic E-state index is 10.2. The van der Waals surface area contributed by atoms with Crippen molar-refractivity contribution in [2.75, 3.05) is 26.3 Å². The molecule has 4 heteroatoms. The Morgan fingerprint density at radius 2 is 2.20 bits per heavy atom. The first-order valence-electron chi connectivity index (χ1n) is 5.32. The van der Waals surface area contributed by atoms with Gasteiger partial charge in [-0.15, -0.1) is 0 Å². The Balaban J connectivity index is 1.97. The van der Waals surface area contributed by atoms with E-state index in [1.807, 2.05) is 18.2 Å². The van der Waals surface area contributed by atoms with E-state index in [9.17, 15) is 5.11 Å². The predicted molar refractivity (Wildman–Crippen MR) is 63.0 cm³/mol. The summed E-state index contributed by atoms with van der Waals surface area (Å²) < 4.78 is 5.26. The first kappa shape index (κ1) is 11.2. The van der Waals surface area contributed by atoms with Gasteiger partial charge in [0.15, 0.2) is 0 Å². The number of morpholine rings is 1. The van der Waals surface area contributed by atoms with Crippen LogP contribution < -0.4 is 0 Å². The van der Waals surface area contributed by atoms with Crippen molar-refractivity contribution in [3.63, 3.8) is 0 Å². The van der Waals surface area contributed by atoms with Crippen molar-refractivity contribution in [3.05, 3.63) is 23.8 Å². The molecule has 0 radical (unpaired) electrons. The zero-order valence-electron chi connectivity index (χ0n) is 8.67. The lowest BCUT2D eigenvalue weighted by Gasteiger charge is -2.33. The number of ether oxygens (including phenoxy) is 1. The molecule has 0 spiro atoms. The standard InChI is InChI=1S/C11H17NO2S/c13-11(12-4-6-14-7-5-12)9-2-1-3-10(15)8-9/h1-3,10-11,13,15H,4-8H2. The van der Waals surface area contributed by atoms with Crippen LogP contribution in [0.1, 0.15) is 6.42 Å². The average molecular weight is 227 g/mol. The highest BCUT2D eigenvalue weighted by molar-refractivity contribution is 7.81. The Kier molecular flexibility index (Phi) is 3.86. The molecule has 0 bridgehead atoms. The fraction of sp³-hybridized carbons (Fsp3) is 0.636. The molecule has 1 aliphatic carbocycles. The first-order valence-corrected chi connectivity index (χ1v) is 5.84. The lowest BCUT2D eigenvalue weighted by Crippen LogP contribution is -2.44. The predicted octanol–water partition coefficient (Wildman–Crippen LogP) is 0.822. The maximum Gasteiger partial charge on any atom is 0.130 e. The van der Waals surface area contributed by atoms with Crippen molar-refractivity contribution in [2.24, 2.45) is 0 Å². The molecule has 1 saturated heterocycles. The zero-order chi connectivity index (χ0) is 10.7. The van der Waals surface area contributed by atoms with E-state index in [0.717, 1.165) is 25.1 Å². The lowest BCUT2D eigenvalue weighted by molar-refractivity contribution is -0.0420. The second-order valence-corrected chi connectivity index (χ2v) is 4.58. The Morgan fingerprint density at radius 3 is 2.87 bits per heavy atom. The summed E-state index contributed by atoms with van der Waals surface area (Å²) in [4.78, 5) is 2.05. The molecular formula is C11H17NO2S. The molecule has 0 aromatic rings. The average Bonchev–Trinajstić information content (AvgIpc) is 2.29. The van der Waals surface area contributed by atoms with Crippen molar-refractivity contribution in [3.8, 4) is 0 Å². The van der Waals surface area contributed by atoms with Gasteiger partial charge in [-0.25, -0.2) is 0 Å². The topological polar surface area (TPSA) is 32.7 Å². The fourth-order valence-electron chi connectivity index (χ4n) is 1.93. The van der Waals surface area contributed by atoms with E-state index in [0.29, 0.717) is 13.2 Å². The van der Waals surface area contributed by atoms with Crippen LogP contribution in [0.3, 0.4) is 0 Å². The highest BCUT2D eigenvalue weighted by atomic mass is 32.1. The summed E-state index contributed by atoms with van der Waals surface area (Å²) in [7, 11) is 0. The van der Waals surface area contributed by atoms with Gasteiger partial charge in [0.2, 0.25) is 0 Å². The van der Waals surface area contributed by atoms with Crippen LogP contribution in [0, 0.1) is 0 Å². The molecule has 1 fully saturated rings. The van der Waals surface area contributed by atoms with Crippen molar-refractivity contribution >= 4 is 12.6 Å². The zero-order valence-corrected chi connectivity index (χ0v) is 9.57. The van der Waals surface area contributed by atoms with Crippen molar-refractivity contribution in [2.45, 2.75) is 17.9 Å². The van der Waals surface area contributed by atoms with Gasteiger partial charge < -0.3 is 9.84 Å². The minimum atomic E-state index is -0.464. The van der Waals surface area contributed by atoms with Crippen LogP contribution in [0.25, 0.3) is 0 Å². The number of rotatable bonds is 2. The van der Waals surface area contributed by atoms with Crippen LogP contribution in [0.4, 0.5) is 0 Å². The third-order valence-electron chi connectivity index (χ3n) is 2.81. The third-order valence-corrected chi connectivity index (χ3v) is 3.17. The molecule has 3 nitrogen and oxygen atoms in total. The van der Waals surface area contributed by atoms with Gasteiger partial charge in [0.1, 0.15) is 6.23 Å². The second kappa shape index (κ2) is 5.16. The molecule has 15 heavy (non-hydrogen) atoms. The Labute approximate surface area is 95.8 Å². The van der Waals surface area contributed by atoms with E-state index in [1.54, 1.807) is 0 Å². The van der Waals surface area contributed by atoms with Crippen molar-refractivity contribution in [1.82, 2.24) is 4.90 Å². The van der Waals surface area contributed by atoms with Gasteiger partial charge in [-0.3, -0.25) is 4.90 Å². The molecule has 1 aliphatic heterocycles. The Hall–Kier alpha value is -0.290. The number of aliphatic hydroxyl groups excluding tert-OH is 1. The van der Waals surface area contributed by atoms with Gasteiger partial charge in [0.05, 0.1) is 13.2 Å². The summed E-state index contributed by atoms with van der Waals surface area (Å²) in [6, 6.07) is 0. The molecule has 1 heterocycles. The summed E-state index contributed by atoms with van der Waals surface area (Å²) in [5.41, 5.74) is 1.06. The molecule has 0 aromatic heterocycles. The van der Waals surface area contributed by atoms with Crippen LogP contribution in [0.15, 0.2) is 23.8 Å². The number of aliphatic hydroxyl groups is 1. The van der Waals surface area contributed by atoms with E-state index in [2.05, 4.69) is 17.5 Å². The van der Waals surface area contributed by atoms with Crippen molar-refractivity contribution < 1.29 is 9.84 Å². The smallest absolute Gasteiger partial charge is 0.130 e. The molecule has 0 saturated carbocycles. The largest absolute Gasteiger partial charge is 0.379 e. The van der Waals surface area contributed by atoms with Crippen molar-refractivity contribution in [1.29, 1.82) is 0 Å². The van der Waals surface area contributed by atoms with Crippen LogP contribution in [0.2, 0.25) is 0 Å². The molecule has 0 aromatic carbocycles. The molecule has 2 aliphatic rings. The highest BCUT2D eigenvalue weighted by Gasteiger charge is 2.23. The summed E-state index contributed by atoms with van der Waals surface area (Å²) >= 11 is 4.40. The number of hydrogen-bond acceptors (Lipinski definition) is 4. The van der Waals surface area contributed by atoms with Crippen LogP contribution in [-0.2, 0) is 4.74 Å². The number of hydrogen-bond donors (Lipinski definition) is 2. The fourth-order valence-corrected chi connectivity index (χ4v) is 2.24. The van der Waals surface area contributed by atoms with E-state index < -0.39 is 6.23 Å². The lowest BCUT2D eigenvalue weighted by atomic mass is 10.0. The molecule has 2 unspecified atom stereocenters. The summed E-state index contributed by atoms with van der Waals surface area (Å²) in [5.74, 6) is 0. The maximum atomic E-state index is 10.2. The van der Waals surface area contributed by atoms with E-state index >= 15 is 0 Å². The molecule has 1 N–H and O–H groups in total. The van der Waals surface area contributed by atoms with E-state index in [1.165, 1.54) is 0 Å². The van der Waals surface area contributed by atoms with E-state index in [-0.39, 0.29) is 5.25 Å². The first-order chi connectivity index (χ1) is 7.27. The van der Waals surface area contributed by atoms with Crippen LogP contribution >= 0.6 is 12.6 Å². The van der Waals surface area contributed by atoms with Crippen LogP contribution in [-0.4, -0.2) is 47.8 Å². The normalized spacial score (nSPS) is 30.0. The number of allylic oxidation sites excluding steroid dienone is 2. The van der Waals surface area contributed by atoms with Gasteiger partial charge in [0.25, 0.3) is 0 Å². The van der Waals surface area contributed by atoms with Gasteiger partial charge in [0, 0.05) is 18.3 Å². The molecule has 84 valence electrons. The highest BCUT2D eigenvalue weighted by Crippen LogP contribution is 2.22. The molecule has 0 amide bonds. The van der Waals surface area contributed by atoms with Gasteiger partial charge >= 0.3 is 0 Å². The Morgan fingerprint density at radius 1 is 1.47 bits per heavy atom. The molecular weight excluding hydrogens is 210 g/mol. The molecule has 2 atom stereocenters. The number of nitrogens with zero attached hydrogens (tertiary/aromatic N) is 1. The Bertz CT molecular complexity index is 272. The summed E-state index contributed by atoms with van der Waals surface area (Å²) in [6.07, 6.45) is 6.37. The summed E-state index contributed by atoms with van der Waals surface area (Å²) in [6.45, 7) is 3.04. The number of thiol groups is 1. The second-order valence-electron chi connectivity index (χ2n) is 3.92. The van der Waals surface area contributed by atoms with Gasteiger partial charge in [-0.1, -0.05) is 18.2 Å². The van der Waals surface area contributed by atoms with E-state index in [4.69, 9.17) is 4.74 Å². The quantitative estimate of drug-likeness (QED) is 0.685. The summed E-state index contributed by atoms with van der Waals surface area (Å²) in [5, 5.41) is 10.4. The minimum absolute atomic E-state index is 0.237. The van der Waals surface area contributed by atoms with Crippen LogP contribution in [0.5, 0.6) is 0 Å². The van der Waals surface area contributed by atoms with Gasteiger partial charge in [-0.2, -0.15) is 12.6 Å². The van der Waals surface area contributed by atoms with Gasteiger partial charge in [-0.05, 0) is 12.0 Å².